The van der Waals surface area contributed by atoms with E-state index in [0.717, 1.165) is 18.5 Å². The molecule has 2 aromatic rings. The van der Waals surface area contributed by atoms with Crippen LogP contribution in [0.2, 0.25) is 0 Å². The normalized spacial score (nSPS) is 20.5. The average molecular weight is 217 g/mol. The maximum atomic E-state index is 11.5. The minimum atomic E-state index is -0.184. The average Bonchev–Trinajstić information content (AvgIpc) is 2.96. The molecular weight excluding hydrogens is 206 g/mol. The summed E-state index contributed by atoms with van der Waals surface area (Å²) >= 11 is 0. The summed E-state index contributed by atoms with van der Waals surface area (Å²) in [6, 6.07) is 3.73. The van der Waals surface area contributed by atoms with Crippen molar-refractivity contribution in [2.45, 2.75) is 25.2 Å². The lowest BCUT2D eigenvalue weighted by molar-refractivity contribution is -0.119. The standard InChI is InChI=1S/C11H11N3O2/c15-9-5-1-3-7(9)11-13-10(14-16-11)8-4-2-6-12-8/h2,4,6-7,12H,1,3,5H2. The molecule has 3 rings (SSSR count). The van der Waals surface area contributed by atoms with Crippen LogP contribution in [0.3, 0.4) is 0 Å². The van der Waals surface area contributed by atoms with E-state index in [4.69, 9.17) is 4.52 Å². The number of rotatable bonds is 2. The Morgan fingerprint density at radius 2 is 2.44 bits per heavy atom. The molecule has 16 heavy (non-hydrogen) atoms. The van der Waals surface area contributed by atoms with E-state index in [2.05, 4.69) is 15.1 Å². The van der Waals surface area contributed by atoms with Gasteiger partial charge in [0.2, 0.25) is 11.7 Å². The second kappa shape index (κ2) is 3.59. The Morgan fingerprint density at radius 3 is 3.12 bits per heavy atom. The van der Waals surface area contributed by atoms with Crippen molar-refractivity contribution in [2.75, 3.05) is 0 Å². The molecule has 0 amide bonds. The van der Waals surface area contributed by atoms with Crippen molar-refractivity contribution < 1.29 is 9.32 Å². The first-order valence-corrected chi connectivity index (χ1v) is 5.34. The van der Waals surface area contributed by atoms with Gasteiger partial charge in [0.15, 0.2) is 0 Å². The molecule has 0 spiro atoms. The fourth-order valence-corrected chi connectivity index (χ4v) is 2.03. The highest BCUT2D eigenvalue weighted by molar-refractivity contribution is 5.86. The zero-order chi connectivity index (χ0) is 11.0. The van der Waals surface area contributed by atoms with Crippen LogP contribution in [0, 0.1) is 0 Å². The van der Waals surface area contributed by atoms with E-state index in [9.17, 15) is 4.79 Å². The molecule has 0 aliphatic heterocycles. The Bertz CT molecular complexity index is 501. The monoisotopic (exact) mass is 217 g/mol. The van der Waals surface area contributed by atoms with Gasteiger partial charge in [0, 0.05) is 12.6 Å². The molecule has 82 valence electrons. The molecule has 1 unspecified atom stereocenters. The van der Waals surface area contributed by atoms with Gasteiger partial charge in [-0.15, -0.1) is 0 Å². The van der Waals surface area contributed by atoms with E-state index in [1.165, 1.54) is 0 Å². The molecule has 1 aliphatic carbocycles. The molecule has 5 nitrogen and oxygen atoms in total. The van der Waals surface area contributed by atoms with Crippen molar-refractivity contribution in [1.82, 2.24) is 15.1 Å². The molecule has 0 bridgehead atoms. The van der Waals surface area contributed by atoms with Gasteiger partial charge in [-0.2, -0.15) is 4.98 Å². The van der Waals surface area contributed by atoms with Crippen LogP contribution in [0.1, 0.15) is 31.1 Å². The van der Waals surface area contributed by atoms with Gasteiger partial charge >= 0.3 is 0 Å². The number of ketones is 1. The molecule has 0 aromatic carbocycles. The Kier molecular flexibility index (Phi) is 2.09. The van der Waals surface area contributed by atoms with Gasteiger partial charge in [0.25, 0.3) is 0 Å². The second-order valence-corrected chi connectivity index (χ2v) is 3.95. The van der Waals surface area contributed by atoms with Crippen LogP contribution in [0.4, 0.5) is 0 Å². The molecule has 0 saturated heterocycles. The van der Waals surface area contributed by atoms with Crippen molar-refractivity contribution in [3.05, 3.63) is 24.2 Å². The maximum Gasteiger partial charge on any atom is 0.237 e. The topological polar surface area (TPSA) is 71.8 Å². The Labute approximate surface area is 91.9 Å². The van der Waals surface area contributed by atoms with Crippen molar-refractivity contribution in [3.8, 4) is 11.5 Å². The summed E-state index contributed by atoms with van der Waals surface area (Å²) < 4.78 is 5.14. The molecular formula is C11H11N3O2. The highest BCUT2D eigenvalue weighted by atomic mass is 16.5. The van der Waals surface area contributed by atoms with Crippen LogP contribution >= 0.6 is 0 Å². The third-order valence-electron chi connectivity index (χ3n) is 2.88. The van der Waals surface area contributed by atoms with E-state index in [1.54, 1.807) is 6.20 Å². The van der Waals surface area contributed by atoms with Gasteiger partial charge in [0.1, 0.15) is 5.78 Å². The number of Topliss-reactive ketones (excluding diaryl/α,β-unsaturated/α-hetero) is 1. The Balaban J connectivity index is 1.91. The molecule has 2 aromatic heterocycles. The molecule has 0 radical (unpaired) electrons. The summed E-state index contributed by atoms with van der Waals surface area (Å²) in [4.78, 5) is 18.8. The van der Waals surface area contributed by atoms with E-state index in [1.807, 2.05) is 12.1 Å². The van der Waals surface area contributed by atoms with Gasteiger partial charge in [0.05, 0.1) is 11.6 Å². The third-order valence-corrected chi connectivity index (χ3v) is 2.88. The number of nitrogens with zero attached hydrogens (tertiary/aromatic N) is 2. The molecule has 1 aliphatic rings. The lowest BCUT2D eigenvalue weighted by Crippen LogP contribution is -2.04. The summed E-state index contributed by atoms with van der Waals surface area (Å²) in [6.07, 6.45) is 4.17. The van der Waals surface area contributed by atoms with Crippen molar-refractivity contribution in [2.24, 2.45) is 0 Å². The molecule has 2 heterocycles. The van der Waals surface area contributed by atoms with Crippen molar-refractivity contribution in [3.63, 3.8) is 0 Å². The largest absolute Gasteiger partial charge is 0.359 e. The van der Waals surface area contributed by atoms with Gasteiger partial charge in [-0.1, -0.05) is 5.16 Å². The summed E-state index contributed by atoms with van der Waals surface area (Å²) in [6.45, 7) is 0. The van der Waals surface area contributed by atoms with Gasteiger partial charge in [-0.3, -0.25) is 4.79 Å². The van der Waals surface area contributed by atoms with Gasteiger partial charge in [-0.25, -0.2) is 0 Å². The van der Waals surface area contributed by atoms with Crippen molar-refractivity contribution in [1.29, 1.82) is 0 Å². The number of aromatic amines is 1. The van der Waals surface area contributed by atoms with E-state index >= 15 is 0 Å². The Hall–Kier alpha value is -1.91. The first-order chi connectivity index (χ1) is 7.84. The highest BCUT2D eigenvalue weighted by Crippen LogP contribution is 2.30. The SMILES string of the molecule is O=C1CCCC1c1nc(-c2ccc[nH]2)no1. The van der Waals surface area contributed by atoms with E-state index < -0.39 is 0 Å². The van der Waals surface area contributed by atoms with Crippen LogP contribution in [0.25, 0.3) is 11.5 Å². The minimum absolute atomic E-state index is 0.184. The molecule has 1 fully saturated rings. The lowest BCUT2D eigenvalue weighted by atomic mass is 10.1. The fraction of sp³-hybridized carbons (Fsp3) is 0.364. The quantitative estimate of drug-likeness (QED) is 0.833. The lowest BCUT2D eigenvalue weighted by Gasteiger charge is -1.98. The van der Waals surface area contributed by atoms with Crippen LogP contribution in [-0.2, 0) is 4.79 Å². The van der Waals surface area contributed by atoms with Crippen LogP contribution in [0.5, 0.6) is 0 Å². The maximum absolute atomic E-state index is 11.5. The van der Waals surface area contributed by atoms with E-state index in [-0.39, 0.29) is 11.7 Å². The number of hydrogen-bond acceptors (Lipinski definition) is 4. The molecule has 1 saturated carbocycles. The number of H-pyrrole nitrogens is 1. The zero-order valence-electron chi connectivity index (χ0n) is 8.64. The van der Waals surface area contributed by atoms with Crippen molar-refractivity contribution >= 4 is 5.78 Å². The van der Waals surface area contributed by atoms with Gasteiger partial charge in [-0.05, 0) is 25.0 Å². The summed E-state index contributed by atoms with van der Waals surface area (Å²) in [7, 11) is 0. The van der Waals surface area contributed by atoms with Crippen LogP contribution < -0.4 is 0 Å². The number of nitrogens with one attached hydrogen (secondary N) is 1. The zero-order valence-corrected chi connectivity index (χ0v) is 8.64. The molecule has 1 atom stereocenters. The van der Waals surface area contributed by atoms with Crippen LogP contribution in [0.15, 0.2) is 22.9 Å². The summed E-state index contributed by atoms with van der Waals surface area (Å²) in [5, 5.41) is 3.87. The number of aromatic nitrogens is 3. The van der Waals surface area contributed by atoms with E-state index in [0.29, 0.717) is 18.1 Å². The molecule has 5 heteroatoms. The van der Waals surface area contributed by atoms with Crippen LogP contribution in [-0.4, -0.2) is 20.9 Å². The minimum Gasteiger partial charge on any atom is -0.359 e. The summed E-state index contributed by atoms with van der Waals surface area (Å²) in [5.74, 6) is 0.990. The molecule has 1 N–H and O–H groups in total. The first-order valence-electron chi connectivity index (χ1n) is 5.34. The van der Waals surface area contributed by atoms with Gasteiger partial charge < -0.3 is 9.51 Å². The summed E-state index contributed by atoms with van der Waals surface area (Å²) in [5.41, 5.74) is 0.806. The fourth-order valence-electron chi connectivity index (χ4n) is 2.03. The highest BCUT2D eigenvalue weighted by Gasteiger charge is 2.31. The smallest absolute Gasteiger partial charge is 0.237 e. The first kappa shape index (κ1) is 9.33. The number of carbonyl (C=O) groups is 1. The number of hydrogen-bond donors (Lipinski definition) is 1. The second-order valence-electron chi connectivity index (χ2n) is 3.95. The predicted octanol–water partition coefficient (Wildman–Crippen LogP) is 1.90. The Morgan fingerprint density at radius 1 is 1.50 bits per heavy atom. The third kappa shape index (κ3) is 1.44. The predicted molar refractivity (Wildman–Crippen MR) is 55.7 cm³/mol. The number of carbonyl (C=O) groups excluding carboxylic acids is 1.